The molecule has 1 rings (SSSR count). The molecule has 0 aliphatic heterocycles. The van der Waals surface area contributed by atoms with E-state index >= 15 is 0 Å². The molecular weight excluding hydrogens is 188 g/mol. The predicted octanol–water partition coefficient (Wildman–Crippen LogP) is 3.32. The van der Waals surface area contributed by atoms with Crippen molar-refractivity contribution in [3.63, 3.8) is 0 Å². The predicted molar refractivity (Wildman–Crippen MR) is 61.5 cm³/mol. The van der Waals surface area contributed by atoms with E-state index in [2.05, 4.69) is 19.1 Å². The van der Waals surface area contributed by atoms with Crippen LogP contribution in [0.4, 0.5) is 0 Å². The molecule has 0 bridgehead atoms. The van der Waals surface area contributed by atoms with Crippen molar-refractivity contribution in [1.82, 2.24) is 0 Å². The van der Waals surface area contributed by atoms with Crippen LogP contribution >= 0.6 is 0 Å². The molecule has 0 N–H and O–H groups in total. The molecule has 15 heavy (non-hydrogen) atoms. The number of allylic oxidation sites excluding steroid dienone is 2. The van der Waals surface area contributed by atoms with Gasteiger partial charge in [-0.25, -0.2) is 0 Å². The molecule has 0 saturated heterocycles. The lowest BCUT2D eigenvalue weighted by molar-refractivity contribution is -0.142. The van der Waals surface area contributed by atoms with Gasteiger partial charge in [-0.2, -0.15) is 0 Å². The van der Waals surface area contributed by atoms with Crippen molar-refractivity contribution in [3.05, 3.63) is 12.2 Å². The minimum atomic E-state index is -0.0497. The number of rotatable bonds is 5. The van der Waals surface area contributed by atoms with E-state index in [0.717, 1.165) is 12.8 Å². The fourth-order valence-corrected chi connectivity index (χ4v) is 2.43. The molecule has 2 nitrogen and oxygen atoms in total. The van der Waals surface area contributed by atoms with Gasteiger partial charge in [0.15, 0.2) is 0 Å². The average molecular weight is 210 g/mol. The van der Waals surface area contributed by atoms with E-state index < -0.39 is 0 Å². The standard InChI is InChI=1S/C13H22O2/c1-3-4-5-7-11-8-6-9-12(11)10-13(14)15-2/h4-5,11-12H,3,6-10H2,1-2H3/b5-4-/t11-,12+/m1/s1. The summed E-state index contributed by atoms with van der Waals surface area (Å²) in [6, 6.07) is 0. The van der Waals surface area contributed by atoms with Gasteiger partial charge in [0, 0.05) is 6.42 Å². The Morgan fingerprint density at radius 3 is 2.73 bits per heavy atom. The Bertz CT molecular complexity index is 221. The summed E-state index contributed by atoms with van der Waals surface area (Å²) < 4.78 is 4.73. The number of carbonyl (C=O) groups excluding carboxylic acids is 1. The quantitative estimate of drug-likeness (QED) is 0.514. The topological polar surface area (TPSA) is 26.3 Å². The smallest absolute Gasteiger partial charge is 0.305 e. The Morgan fingerprint density at radius 2 is 2.07 bits per heavy atom. The molecule has 1 fully saturated rings. The van der Waals surface area contributed by atoms with Crippen LogP contribution < -0.4 is 0 Å². The van der Waals surface area contributed by atoms with E-state index in [0.29, 0.717) is 18.3 Å². The first-order valence-electron chi connectivity index (χ1n) is 5.99. The Balaban J connectivity index is 2.35. The van der Waals surface area contributed by atoms with Crippen LogP contribution in [0, 0.1) is 11.8 Å². The molecule has 0 aromatic rings. The molecule has 2 heteroatoms. The van der Waals surface area contributed by atoms with E-state index in [-0.39, 0.29) is 5.97 Å². The number of esters is 1. The van der Waals surface area contributed by atoms with Crippen molar-refractivity contribution < 1.29 is 9.53 Å². The molecular formula is C13H22O2. The summed E-state index contributed by atoms with van der Waals surface area (Å²) >= 11 is 0. The van der Waals surface area contributed by atoms with E-state index in [1.807, 2.05) is 0 Å². The zero-order valence-electron chi connectivity index (χ0n) is 9.87. The highest BCUT2D eigenvalue weighted by Crippen LogP contribution is 2.36. The third kappa shape index (κ3) is 4.06. The molecule has 1 saturated carbocycles. The fraction of sp³-hybridized carbons (Fsp3) is 0.769. The second kappa shape index (κ2) is 6.65. The first-order valence-corrected chi connectivity index (χ1v) is 5.99. The molecule has 0 spiro atoms. The van der Waals surface area contributed by atoms with E-state index in [9.17, 15) is 4.79 Å². The molecule has 1 aliphatic carbocycles. The minimum Gasteiger partial charge on any atom is -0.469 e. The monoisotopic (exact) mass is 210 g/mol. The van der Waals surface area contributed by atoms with Crippen LogP contribution in [-0.4, -0.2) is 13.1 Å². The van der Waals surface area contributed by atoms with Crippen LogP contribution in [-0.2, 0) is 9.53 Å². The van der Waals surface area contributed by atoms with Crippen molar-refractivity contribution >= 4 is 5.97 Å². The Kier molecular flexibility index (Phi) is 5.44. The Hall–Kier alpha value is -0.790. The fourth-order valence-electron chi connectivity index (χ4n) is 2.43. The van der Waals surface area contributed by atoms with E-state index in [4.69, 9.17) is 4.74 Å². The van der Waals surface area contributed by atoms with Crippen LogP contribution in [0.15, 0.2) is 12.2 Å². The first kappa shape index (κ1) is 12.3. The van der Waals surface area contributed by atoms with Crippen LogP contribution in [0.2, 0.25) is 0 Å². The molecule has 0 unspecified atom stereocenters. The lowest BCUT2D eigenvalue weighted by Gasteiger charge is -2.16. The number of hydrogen-bond acceptors (Lipinski definition) is 2. The molecule has 0 radical (unpaired) electrons. The van der Waals surface area contributed by atoms with Crippen molar-refractivity contribution in [1.29, 1.82) is 0 Å². The highest BCUT2D eigenvalue weighted by atomic mass is 16.5. The van der Waals surface area contributed by atoms with Crippen LogP contribution in [0.3, 0.4) is 0 Å². The maximum Gasteiger partial charge on any atom is 0.305 e. The number of hydrogen-bond donors (Lipinski definition) is 0. The van der Waals surface area contributed by atoms with Crippen molar-refractivity contribution in [2.24, 2.45) is 11.8 Å². The number of carbonyl (C=O) groups is 1. The van der Waals surface area contributed by atoms with Gasteiger partial charge in [-0.3, -0.25) is 4.79 Å². The summed E-state index contributed by atoms with van der Waals surface area (Å²) in [4.78, 5) is 11.2. The molecule has 0 amide bonds. The molecule has 0 heterocycles. The highest BCUT2D eigenvalue weighted by molar-refractivity contribution is 5.69. The van der Waals surface area contributed by atoms with Gasteiger partial charge in [-0.1, -0.05) is 25.5 Å². The van der Waals surface area contributed by atoms with Gasteiger partial charge < -0.3 is 4.74 Å². The SMILES string of the molecule is CC/C=C\C[C@@H]1CCC[C@H]1CC(=O)OC. The summed E-state index contributed by atoms with van der Waals surface area (Å²) in [7, 11) is 1.48. The van der Waals surface area contributed by atoms with Crippen molar-refractivity contribution in [3.8, 4) is 0 Å². The van der Waals surface area contributed by atoms with Gasteiger partial charge in [-0.05, 0) is 37.5 Å². The zero-order chi connectivity index (χ0) is 11.1. The minimum absolute atomic E-state index is 0.0497. The van der Waals surface area contributed by atoms with Crippen molar-refractivity contribution in [2.45, 2.75) is 45.4 Å². The Morgan fingerprint density at radius 1 is 1.33 bits per heavy atom. The largest absolute Gasteiger partial charge is 0.469 e. The highest BCUT2D eigenvalue weighted by Gasteiger charge is 2.28. The Labute approximate surface area is 92.7 Å². The van der Waals surface area contributed by atoms with Crippen LogP contribution in [0.5, 0.6) is 0 Å². The van der Waals surface area contributed by atoms with Gasteiger partial charge >= 0.3 is 5.97 Å². The van der Waals surface area contributed by atoms with Gasteiger partial charge in [0.1, 0.15) is 0 Å². The summed E-state index contributed by atoms with van der Waals surface area (Å²) in [6.45, 7) is 2.15. The average Bonchev–Trinajstić information content (AvgIpc) is 2.66. The normalized spacial score (nSPS) is 26.0. The maximum absolute atomic E-state index is 11.2. The molecule has 0 aromatic heterocycles. The third-order valence-electron chi connectivity index (χ3n) is 3.31. The van der Waals surface area contributed by atoms with Gasteiger partial charge in [0.2, 0.25) is 0 Å². The van der Waals surface area contributed by atoms with Gasteiger partial charge in [-0.15, -0.1) is 0 Å². The molecule has 86 valence electrons. The van der Waals surface area contributed by atoms with Gasteiger partial charge in [0.05, 0.1) is 7.11 Å². The summed E-state index contributed by atoms with van der Waals surface area (Å²) in [6.07, 6.45) is 11.1. The summed E-state index contributed by atoms with van der Waals surface area (Å²) in [5.41, 5.74) is 0. The first-order chi connectivity index (χ1) is 7.27. The second-order valence-electron chi connectivity index (χ2n) is 4.35. The maximum atomic E-state index is 11.2. The van der Waals surface area contributed by atoms with E-state index in [1.165, 1.54) is 26.4 Å². The second-order valence-corrected chi connectivity index (χ2v) is 4.35. The lowest BCUT2D eigenvalue weighted by Crippen LogP contribution is -2.13. The summed E-state index contributed by atoms with van der Waals surface area (Å²) in [5.74, 6) is 1.21. The van der Waals surface area contributed by atoms with Crippen LogP contribution in [0.25, 0.3) is 0 Å². The molecule has 2 atom stereocenters. The van der Waals surface area contributed by atoms with Gasteiger partial charge in [0.25, 0.3) is 0 Å². The lowest BCUT2D eigenvalue weighted by atomic mass is 9.90. The number of ether oxygens (including phenoxy) is 1. The summed E-state index contributed by atoms with van der Waals surface area (Å²) in [5, 5.41) is 0. The molecule has 1 aliphatic rings. The van der Waals surface area contributed by atoms with Crippen LogP contribution in [0.1, 0.15) is 45.4 Å². The zero-order valence-corrected chi connectivity index (χ0v) is 9.87. The third-order valence-corrected chi connectivity index (χ3v) is 3.31. The molecule has 0 aromatic carbocycles. The number of methoxy groups -OCH3 is 1. The van der Waals surface area contributed by atoms with E-state index in [1.54, 1.807) is 0 Å². The van der Waals surface area contributed by atoms with Crippen molar-refractivity contribution in [2.75, 3.05) is 7.11 Å².